The highest BCUT2D eigenvalue weighted by molar-refractivity contribution is 6.04. The molecule has 0 aliphatic heterocycles. The monoisotopic (exact) mass is 325 g/mol. The minimum Gasteiger partial charge on any atom is -0.378 e. The second-order valence-corrected chi connectivity index (χ2v) is 5.33. The third-order valence-corrected chi connectivity index (χ3v) is 3.33. The van der Waals surface area contributed by atoms with Gasteiger partial charge in [-0.3, -0.25) is 14.8 Å². The van der Waals surface area contributed by atoms with E-state index in [1.54, 1.807) is 24.3 Å². The van der Waals surface area contributed by atoms with Crippen LogP contribution in [0.1, 0.15) is 15.9 Å². The van der Waals surface area contributed by atoms with Gasteiger partial charge in [-0.1, -0.05) is 12.1 Å². The van der Waals surface area contributed by atoms with E-state index >= 15 is 0 Å². The van der Waals surface area contributed by atoms with Crippen molar-refractivity contribution in [2.24, 2.45) is 0 Å². The molecule has 2 aromatic carbocycles. The van der Waals surface area contributed by atoms with Crippen molar-refractivity contribution >= 4 is 29.3 Å². The highest BCUT2D eigenvalue weighted by Gasteiger charge is 2.06. The van der Waals surface area contributed by atoms with Gasteiger partial charge in [-0.05, 0) is 48.0 Å². The molecule has 0 saturated heterocycles. The number of carbonyl (C=O) groups is 2. The maximum Gasteiger partial charge on any atom is 0.267 e. The molecule has 0 spiro atoms. The summed E-state index contributed by atoms with van der Waals surface area (Å²) >= 11 is 0. The van der Waals surface area contributed by atoms with Crippen LogP contribution in [0.15, 0.2) is 54.6 Å². The van der Waals surface area contributed by atoms with Crippen LogP contribution in [0.4, 0.5) is 11.4 Å². The van der Waals surface area contributed by atoms with Crippen molar-refractivity contribution in [2.45, 2.75) is 0 Å². The summed E-state index contributed by atoms with van der Waals surface area (Å²) in [5.41, 5.74) is 4.40. The van der Waals surface area contributed by atoms with Crippen molar-refractivity contribution in [1.82, 2.24) is 5.48 Å². The van der Waals surface area contributed by atoms with Crippen molar-refractivity contribution in [1.29, 1.82) is 0 Å². The molecular formula is C18H19N3O3. The summed E-state index contributed by atoms with van der Waals surface area (Å²) < 4.78 is 0. The normalized spacial score (nSPS) is 10.5. The average molecular weight is 325 g/mol. The van der Waals surface area contributed by atoms with Crippen LogP contribution < -0.4 is 15.7 Å². The van der Waals surface area contributed by atoms with Gasteiger partial charge in [0.2, 0.25) is 0 Å². The molecule has 0 aromatic heterocycles. The summed E-state index contributed by atoms with van der Waals surface area (Å²) in [5, 5.41) is 11.3. The molecule has 0 bridgehead atoms. The van der Waals surface area contributed by atoms with Gasteiger partial charge >= 0.3 is 0 Å². The summed E-state index contributed by atoms with van der Waals surface area (Å²) in [6, 6.07) is 14.3. The number of nitrogens with one attached hydrogen (secondary N) is 2. The SMILES string of the molecule is CN(C)c1ccc(NC(=O)c2cccc(/C=C/C(=O)NO)c2)cc1. The molecule has 6 heteroatoms. The maximum atomic E-state index is 12.3. The molecule has 24 heavy (non-hydrogen) atoms. The van der Waals surface area contributed by atoms with Crippen molar-refractivity contribution in [2.75, 3.05) is 24.3 Å². The van der Waals surface area contributed by atoms with E-state index in [0.29, 0.717) is 16.8 Å². The summed E-state index contributed by atoms with van der Waals surface area (Å²) in [6.45, 7) is 0. The van der Waals surface area contributed by atoms with Crippen LogP contribution >= 0.6 is 0 Å². The van der Waals surface area contributed by atoms with E-state index in [1.807, 2.05) is 43.3 Å². The van der Waals surface area contributed by atoms with Crippen molar-refractivity contribution in [3.63, 3.8) is 0 Å². The van der Waals surface area contributed by atoms with E-state index in [-0.39, 0.29) is 5.91 Å². The quantitative estimate of drug-likeness (QED) is 0.448. The van der Waals surface area contributed by atoms with Crippen LogP contribution in [-0.4, -0.2) is 31.1 Å². The number of benzene rings is 2. The molecule has 3 N–H and O–H groups in total. The first-order chi connectivity index (χ1) is 11.5. The van der Waals surface area contributed by atoms with Gasteiger partial charge in [0.1, 0.15) is 0 Å². The molecule has 0 fully saturated rings. The lowest BCUT2D eigenvalue weighted by atomic mass is 10.1. The Labute approximate surface area is 140 Å². The Balaban J connectivity index is 2.09. The Hall–Kier alpha value is -3.12. The van der Waals surface area contributed by atoms with E-state index in [9.17, 15) is 9.59 Å². The maximum absolute atomic E-state index is 12.3. The number of hydroxylamine groups is 1. The molecular weight excluding hydrogens is 306 g/mol. The molecule has 124 valence electrons. The Morgan fingerprint density at radius 3 is 2.42 bits per heavy atom. The predicted octanol–water partition coefficient (Wildman–Crippen LogP) is 2.52. The van der Waals surface area contributed by atoms with Gasteiger partial charge < -0.3 is 10.2 Å². The molecule has 2 amide bonds. The number of hydrogen-bond acceptors (Lipinski definition) is 4. The largest absolute Gasteiger partial charge is 0.378 e. The Morgan fingerprint density at radius 1 is 1.08 bits per heavy atom. The highest BCUT2D eigenvalue weighted by atomic mass is 16.5. The zero-order chi connectivity index (χ0) is 17.5. The molecule has 0 unspecified atom stereocenters. The number of nitrogens with zero attached hydrogens (tertiary/aromatic N) is 1. The van der Waals surface area contributed by atoms with Crippen LogP contribution in [0.5, 0.6) is 0 Å². The molecule has 0 radical (unpaired) electrons. The number of anilines is 2. The first kappa shape index (κ1) is 17.2. The number of amides is 2. The highest BCUT2D eigenvalue weighted by Crippen LogP contribution is 2.17. The Kier molecular flexibility index (Phi) is 5.70. The smallest absolute Gasteiger partial charge is 0.267 e. The second kappa shape index (κ2) is 7.94. The molecule has 2 aromatic rings. The minimum absolute atomic E-state index is 0.241. The van der Waals surface area contributed by atoms with Gasteiger partial charge in [-0.25, -0.2) is 5.48 Å². The fraction of sp³-hybridized carbons (Fsp3) is 0.111. The van der Waals surface area contributed by atoms with Crippen molar-refractivity contribution < 1.29 is 14.8 Å². The zero-order valence-electron chi connectivity index (χ0n) is 13.5. The number of hydrogen-bond donors (Lipinski definition) is 3. The Bertz CT molecular complexity index is 752. The van der Waals surface area contributed by atoms with Gasteiger partial charge in [0, 0.05) is 37.1 Å². The summed E-state index contributed by atoms with van der Waals surface area (Å²) in [5.74, 6) is -0.875. The summed E-state index contributed by atoms with van der Waals surface area (Å²) in [4.78, 5) is 25.3. The van der Waals surface area contributed by atoms with Crippen LogP contribution in [0.25, 0.3) is 6.08 Å². The van der Waals surface area contributed by atoms with Gasteiger partial charge in [0.15, 0.2) is 0 Å². The molecule has 0 aliphatic rings. The van der Waals surface area contributed by atoms with E-state index in [1.165, 1.54) is 17.6 Å². The number of rotatable bonds is 5. The fourth-order valence-electron chi connectivity index (χ4n) is 2.04. The first-order valence-electron chi connectivity index (χ1n) is 7.30. The van der Waals surface area contributed by atoms with E-state index < -0.39 is 5.91 Å². The topological polar surface area (TPSA) is 81.7 Å². The molecule has 2 rings (SSSR count). The lowest BCUT2D eigenvalue weighted by molar-refractivity contribution is -0.124. The minimum atomic E-state index is -0.633. The molecule has 0 saturated carbocycles. The summed E-state index contributed by atoms with van der Waals surface area (Å²) in [7, 11) is 3.90. The molecule has 0 aliphatic carbocycles. The van der Waals surface area contributed by atoms with Crippen LogP contribution in [0.2, 0.25) is 0 Å². The van der Waals surface area contributed by atoms with Gasteiger partial charge in [-0.2, -0.15) is 0 Å². The molecule has 0 atom stereocenters. The van der Waals surface area contributed by atoms with Crippen molar-refractivity contribution in [3.8, 4) is 0 Å². The second-order valence-electron chi connectivity index (χ2n) is 5.33. The lowest BCUT2D eigenvalue weighted by Gasteiger charge is -2.13. The van der Waals surface area contributed by atoms with E-state index in [0.717, 1.165) is 5.69 Å². The zero-order valence-corrected chi connectivity index (χ0v) is 13.5. The summed E-state index contributed by atoms with van der Waals surface area (Å²) in [6.07, 6.45) is 2.69. The standard InChI is InChI=1S/C18H19N3O3/c1-21(2)16-9-7-15(8-10-16)19-18(23)14-5-3-4-13(12-14)6-11-17(22)20-24/h3-12,24H,1-2H3,(H,19,23)(H,20,22)/b11-6+. The third kappa shape index (κ3) is 4.69. The lowest BCUT2D eigenvalue weighted by Crippen LogP contribution is -2.15. The number of carbonyl (C=O) groups excluding carboxylic acids is 2. The van der Waals surface area contributed by atoms with Gasteiger partial charge in [-0.15, -0.1) is 0 Å². The van der Waals surface area contributed by atoms with Crippen molar-refractivity contribution in [3.05, 3.63) is 65.7 Å². The fourth-order valence-corrected chi connectivity index (χ4v) is 2.04. The third-order valence-electron chi connectivity index (χ3n) is 3.33. The van der Waals surface area contributed by atoms with E-state index in [2.05, 4.69) is 5.32 Å². The van der Waals surface area contributed by atoms with Gasteiger partial charge in [0.25, 0.3) is 11.8 Å². The predicted molar refractivity (Wildman–Crippen MR) is 94.1 cm³/mol. The van der Waals surface area contributed by atoms with Crippen LogP contribution in [0.3, 0.4) is 0 Å². The average Bonchev–Trinajstić information content (AvgIpc) is 2.60. The molecule has 0 heterocycles. The Morgan fingerprint density at radius 2 is 1.79 bits per heavy atom. The van der Waals surface area contributed by atoms with Crippen LogP contribution in [-0.2, 0) is 4.79 Å². The first-order valence-corrected chi connectivity index (χ1v) is 7.30. The van der Waals surface area contributed by atoms with Gasteiger partial charge in [0.05, 0.1) is 0 Å². The molecule has 6 nitrogen and oxygen atoms in total. The van der Waals surface area contributed by atoms with E-state index in [4.69, 9.17) is 5.21 Å². The van der Waals surface area contributed by atoms with Crippen LogP contribution in [0, 0.1) is 0 Å².